The highest BCUT2D eigenvalue weighted by molar-refractivity contribution is 6.03. The van der Waals surface area contributed by atoms with Crippen molar-refractivity contribution >= 4 is 17.4 Å². The first-order valence-corrected chi connectivity index (χ1v) is 10.8. The summed E-state index contributed by atoms with van der Waals surface area (Å²) < 4.78 is 11.3. The minimum atomic E-state index is 0.145. The first-order chi connectivity index (χ1) is 15.7. The number of carbonyl (C=O) groups excluding carboxylic acids is 1. The highest BCUT2D eigenvalue weighted by Gasteiger charge is 2.27. The van der Waals surface area contributed by atoms with Crippen molar-refractivity contribution in [2.75, 3.05) is 33.3 Å². The van der Waals surface area contributed by atoms with E-state index < -0.39 is 0 Å². The number of aliphatic imine (C=N–C) groups is 1. The molecule has 2 aliphatic rings. The van der Waals surface area contributed by atoms with Gasteiger partial charge in [-0.3, -0.25) is 4.79 Å². The molecule has 0 aromatic heterocycles. The van der Waals surface area contributed by atoms with Crippen molar-refractivity contribution in [3.63, 3.8) is 0 Å². The van der Waals surface area contributed by atoms with Gasteiger partial charge in [0.15, 0.2) is 5.75 Å². The van der Waals surface area contributed by atoms with Crippen LogP contribution in [0.2, 0.25) is 0 Å². The van der Waals surface area contributed by atoms with Crippen LogP contribution < -0.4 is 9.47 Å². The van der Waals surface area contributed by atoms with Crippen molar-refractivity contribution in [3.8, 4) is 17.2 Å². The number of rotatable bonds is 3. The summed E-state index contributed by atoms with van der Waals surface area (Å²) in [6.45, 7) is 2.78. The molecule has 0 atom stereocenters. The zero-order chi connectivity index (χ0) is 21.9. The highest BCUT2D eigenvalue weighted by Crippen LogP contribution is 2.37. The molecule has 1 amide bonds. The van der Waals surface area contributed by atoms with Gasteiger partial charge in [0.05, 0.1) is 19.1 Å². The molecule has 162 valence electrons. The number of amidine groups is 1. The molecule has 0 radical (unpaired) electrons. The maximum Gasteiger partial charge on any atom is 0.227 e. The van der Waals surface area contributed by atoms with E-state index in [0.717, 1.165) is 53.0 Å². The van der Waals surface area contributed by atoms with E-state index in [1.807, 2.05) is 77.7 Å². The smallest absolute Gasteiger partial charge is 0.227 e. The summed E-state index contributed by atoms with van der Waals surface area (Å²) in [6, 6.07) is 23.5. The van der Waals surface area contributed by atoms with Crippen LogP contribution in [0.3, 0.4) is 0 Å². The quantitative estimate of drug-likeness (QED) is 0.627. The lowest BCUT2D eigenvalue weighted by Gasteiger charge is -2.36. The third-order valence-electron chi connectivity index (χ3n) is 5.89. The van der Waals surface area contributed by atoms with Crippen molar-refractivity contribution in [3.05, 3.63) is 83.9 Å². The van der Waals surface area contributed by atoms with Crippen molar-refractivity contribution in [1.82, 2.24) is 9.80 Å². The predicted octanol–water partition coefficient (Wildman–Crippen LogP) is 4.27. The molecule has 3 aromatic carbocycles. The van der Waals surface area contributed by atoms with E-state index in [0.29, 0.717) is 19.5 Å². The van der Waals surface area contributed by atoms with E-state index in [4.69, 9.17) is 14.5 Å². The maximum absolute atomic E-state index is 12.8. The number of carbonyl (C=O) groups is 1. The Morgan fingerprint density at radius 1 is 0.906 bits per heavy atom. The van der Waals surface area contributed by atoms with Crippen molar-refractivity contribution in [2.45, 2.75) is 6.42 Å². The van der Waals surface area contributed by atoms with Gasteiger partial charge in [0.1, 0.15) is 23.0 Å². The number of hydrogen-bond donors (Lipinski definition) is 0. The van der Waals surface area contributed by atoms with Gasteiger partial charge >= 0.3 is 0 Å². The zero-order valence-electron chi connectivity index (χ0n) is 18.0. The monoisotopic (exact) mass is 427 g/mol. The third kappa shape index (κ3) is 4.04. The van der Waals surface area contributed by atoms with Gasteiger partial charge in [-0.1, -0.05) is 36.4 Å². The summed E-state index contributed by atoms with van der Waals surface area (Å²) >= 11 is 0. The van der Waals surface area contributed by atoms with Crippen LogP contribution in [0.5, 0.6) is 17.2 Å². The molecule has 2 aliphatic heterocycles. The molecule has 0 bridgehead atoms. The Kier molecular flexibility index (Phi) is 5.50. The summed E-state index contributed by atoms with van der Waals surface area (Å²) in [7, 11) is 1.64. The number of para-hydroxylation sites is 3. The normalized spacial score (nSPS) is 15.1. The number of fused-ring (bicyclic) bond motifs is 2. The van der Waals surface area contributed by atoms with Crippen LogP contribution >= 0.6 is 0 Å². The van der Waals surface area contributed by atoms with E-state index in [-0.39, 0.29) is 5.91 Å². The number of nitrogens with zero attached hydrogens (tertiary/aromatic N) is 3. The largest absolute Gasteiger partial charge is 0.497 e. The number of hydrogen-bond acceptors (Lipinski definition) is 5. The fourth-order valence-corrected chi connectivity index (χ4v) is 4.11. The lowest BCUT2D eigenvalue weighted by atomic mass is 10.1. The van der Waals surface area contributed by atoms with E-state index in [1.165, 1.54) is 0 Å². The number of ether oxygens (including phenoxy) is 2. The molecular formula is C26H25N3O3. The number of benzene rings is 3. The summed E-state index contributed by atoms with van der Waals surface area (Å²) in [6.07, 6.45) is 0.398. The molecule has 1 fully saturated rings. The van der Waals surface area contributed by atoms with Gasteiger partial charge in [-0.05, 0) is 42.0 Å². The lowest BCUT2D eigenvalue weighted by molar-refractivity contribution is -0.131. The SMILES string of the molecule is COc1ccc(CC(=O)N2CCN(C3=Nc4ccccc4Oc4ccccc43)CC2)cc1. The Balaban J connectivity index is 1.31. The zero-order valence-corrected chi connectivity index (χ0v) is 18.0. The molecule has 32 heavy (non-hydrogen) atoms. The van der Waals surface area contributed by atoms with Gasteiger partial charge in [0.2, 0.25) is 5.91 Å². The number of amides is 1. The third-order valence-corrected chi connectivity index (χ3v) is 5.89. The number of methoxy groups -OCH3 is 1. The minimum Gasteiger partial charge on any atom is -0.497 e. The molecular weight excluding hydrogens is 402 g/mol. The van der Waals surface area contributed by atoms with Crippen LogP contribution in [0, 0.1) is 0 Å². The van der Waals surface area contributed by atoms with Crippen LogP contribution in [0.25, 0.3) is 0 Å². The summed E-state index contributed by atoms with van der Waals surface area (Å²) in [5.74, 6) is 3.39. The second-order valence-corrected chi connectivity index (χ2v) is 7.89. The van der Waals surface area contributed by atoms with Gasteiger partial charge < -0.3 is 19.3 Å². The molecule has 6 heteroatoms. The first-order valence-electron chi connectivity index (χ1n) is 10.8. The topological polar surface area (TPSA) is 54.4 Å². The molecule has 0 N–H and O–H groups in total. The van der Waals surface area contributed by atoms with E-state index in [9.17, 15) is 4.79 Å². The average Bonchev–Trinajstić information content (AvgIpc) is 3.01. The molecule has 3 aromatic rings. The molecule has 0 unspecified atom stereocenters. The Bertz CT molecular complexity index is 1150. The van der Waals surface area contributed by atoms with Gasteiger partial charge in [0, 0.05) is 26.2 Å². The fourth-order valence-electron chi connectivity index (χ4n) is 4.11. The molecule has 0 aliphatic carbocycles. The lowest BCUT2D eigenvalue weighted by Crippen LogP contribution is -2.51. The van der Waals surface area contributed by atoms with E-state index in [1.54, 1.807) is 7.11 Å². The van der Waals surface area contributed by atoms with Crippen molar-refractivity contribution in [2.24, 2.45) is 4.99 Å². The molecule has 2 heterocycles. The first kappa shape index (κ1) is 20.1. The van der Waals surface area contributed by atoms with Gasteiger partial charge in [-0.15, -0.1) is 0 Å². The molecule has 1 saturated heterocycles. The fraction of sp³-hybridized carbons (Fsp3) is 0.231. The van der Waals surface area contributed by atoms with Crippen molar-refractivity contribution in [1.29, 1.82) is 0 Å². The maximum atomic E-state index is 12.8. The Morgan fingerprint density at radius 2 is 1.59 bits per heavy atom. The van der Waals surface area contributed by atoms with Gasteiger partial charge in [-0.25, -0.2) is 4.99 Å². The van der Waals surface area contributed by atoms with Crippen molar-refractivity contribution < 1.29 is 14.3 Å². The molecule has 0 saturated carbocycles. The molecule has 6 nitrogen and oxygen atoms in total. The van der Waals surface area contributed by atoms with Crippen LogP contribution in [-0.2, 0) is 11.2 Å². The molecule has 0 spiro atoms. The Labute approximate surface area is 187 Å². The summed E-state index contributed by atoms with van der Waals surface area (Å²) in [5.41, 5.74) is 2.78. The predicted molar refractivity (Wildman–Crippen MR) is 124 cm³/mol. The van der Waals surface area contributed by atoms with Gasteiger partial charge in [0.25, 0.3) is 0 Å². The number of piperazine rings is 1. The van der Waals surface area contributed by atoms with Crippen LogP contribution in [0.4, 0.5) is 5.69 Å². The summed E-state index contributed by atoms with van der Waals surface area (Å²) in [5, 5.41) is 0. The van der Waals surface area contributed by atoms with Crippen LogP contribution in [0.1, 0.15) is 11.1 Å². The van der Waals surface area contributed by atoms with Crippen LogP contribution in [0.15, 0.2) is 77.8 Å². The minimum absolute atomic E-state index is 0.145. The van der Waals surface area contributed by atoms with E-state index >= 15 is 0 Å². The average molecular weight is 428 g/mol. The van der Waals surface area contributed by atoms with Gasteiger partial charge in [-0.2, -0.15) is 0 Å². The Hall–Kier alpha value is -3.80. The summed E-state index contributed by atoms with van der Waals surface area (Å²) in [4.78, 5) is 22.0. The second-order valence-electron chi connectivity index (χ2n) is 7.89. The Morgan fingerprint density at radius 3 is 2.34 bits per heavy atom. The molecule has 5 rings (SSSR count). The highest BCUT2D eigenvalue weighted by atomic mass is 16.5. The van der Waals surface area contributed by atoms with Crippen LogP contribution in [-0.4, -0.2) is 54.8 Å². The second kappa shape index (κ2) is 8.75. The standard InChI is InChI=1S/C26H25N3O3/c1-31-20-12-10-19(11-13-20)18-25(30)28-14-16-29(17-15-28)26-21-6-2-4-8-23(21)32-24-9-5-3-7-22(24)27-26/h2-13H,14-18H2,1H3. The van der Waals surface area contributed by atoms with E-state index in [2.05, 4.69) is 4.90 Å².